The molecule has 0 amide bonds. The molecule has 1 atom stereocenters. The van der Waals surface area contributed by atoms with Crippen LogP contribution in [0.3, 0.4) is 0 Å². The molecule has 0 aliphatic heterocycles. The maximum atomic E-state index is 3.69. The second kappa shape index (κ2) is 8.97. The summed E-state index contributed by atoms with van der Waals surface area (Å²) in [5.74, 6) is 2.81. The van der Waals surface area contributed by atoms with Crippen LogP contribution in [0.5, 0.6) is 0 Å². The summed E-state index contributed by atoms with van der Waals surface area (Å²) < 4.78 is 0. The Balaban J connectivity index is 2.30. The second-order valence-corrected chi connectivity index (χ2v) is 6.35. The van der Waals surface area contributed by atoms with Crippen molar-refractivity contribution < 1.29 is 0 Å². The first-order chi connectivity index (χ1) is 8.24. The van der Waals surface area contributed by atoms with Gasteiger partial charge >= 0.3 is 0 Å². The molecule has 1 aliphatic rings. The first-order valence-corrected chi connectivity index (χ1v) is 7.94. The Morgan fingerprint density at radius 3 is 2.41 bits per heavy atom. The van der Waals surface area contributed by atoms with Crippen LogP contribution >= 0.6 is 0 Å². The minimum Gasteiger partial charge on any atom is -0.316 e. The minimum absolute atomic E-state index is 0.856. The summed E-state index contributed by atoms with van der Waals surface area (Å²) in [6.45, 7) is 9.51. The summed E-state index contributed by atoms with van der Waals surface area (Å²) in [4.78, 5) is 0. The lowest BCUT2D eigenvalue weighted by Crippen LogP contribution is -2.31. The average Bonchev–Trinajstić information content (AvgIpc) is 2.34. The maximum Gasteiger partial charge on any atom is -0.00178 e. The van der Waals surface area contributed by atoms with Crippen LogP contribution in [0.2, 0.25) is 0 Å². The summed E-state index contributed by atoms with van der Waals surface area (Å²) in [5, 5.41) is 3.69. The van der Waals surface area contributed by atoms with Gasteiger partial charge in [0.1, 0.15) is 0 Å². The minimum atomic E-state index is 0.856. The third-order valence-electron chi connectivity index (χ3n) is 4.20. The molecule has 102 valence electrons. The van der Waals surface area contributed by atoms with Crippen LogP contribution in [-0.2, 0) is 0 Å². The van der Waals surface area contributed by atoms with Gasteiger partial charge in [0.15, 0.2) is 0 Å². The third kappa shape index (κ3) is 6.45. The molecule has 1 nitrogen and oxygen atoms in total. The molecule has 1 fully saturated rings. The van der Waals surface area contributed by atoms with E-state index in [1.165, 1.54) is 64.5 Å². The number of hydrogen-bond donors (Lipinski definition) is 1. The van der Waals surface area contributed by atoms with Crippen molar-refractivity contribution in [3.63, 3.8) is 0 Å². The lowest BCUT2D eigenvalue weighted by molar-refractivity contribution is 0.212. The largest absolute Gasteiger partial charge is 0.316 e. The van der Waals surface area contributed by atoms with Gasteiger partial charge in [-0.3, -0.25) is 0 Å². The Bertz CT molecular complexity index is 170. The van der Waals surface area contributed by atoms with Gasteiger partial charge in [0.2, 0.25) is 0 Å². The van der Waals surface area contributed by atoms with Crippen molar-refractivity contribution in [3.8, 4) is 0 Å². The highest BCUT2D eigenvalue weighted by Gasteiger charge is 2.23. The molecule has 0 bridgehead atoms. The van der Waals surface area contributed by atoms with Gasteiger partial charge in [0.05, 0.1) is 0 Å². The Labute approximate surface area is 109 Å². The Kier molecular flexibility index (Phi) is 7.92. The number of rotatable bonds is 8. The van der Waals surface area contributed by atoms with Crippen molar-refractivity contribution in [2.24, 2.45) is 17.8 Å². The molecule has 0 aromatic rings. The van der Waals surface area contributed by atoms with E-state index in [-0.39, 0.29) is 0 Å². The van der Waals surface area contributed by atoms with Crippen LogP contribution in [-0.4, -0.2) is 13.1 Å². The number of hydrogen-bond acceptors (Lipinski definition) is 1. The first kappa shape index (κ1) is 15.0. The molecule has 0 spiro atoms. The monoisotopic (exact) mass is 239 g/mol. The third-order valence-corrected chi connectivity index (χ3v) is 4.20. The molecule has 0 radical (unpaired) electrons. The molecule has 0 heterocycles. The van der Waals surface area contributed by atoms with Crippen molar-refractivity contribution in [3.05, 3.63) is 0 Å². The van der Waals surface area contributed by atoms with Crippen molar-refractivity contribution in [2.75, 3.05) is 13.1 Å². The van der Waals surface area contributed by atoms with E-state index in [1.807, 2.05) is 0 Å². The molecule has 0 aromatic heterocycles. The van der Waals surface area contributed by atoms with Crippen molar-refractivity contribution >= 4 is 0 Å². The summed E-state index contributed by atoms with van der Waals surface area (Å²) in [6, 6.07) is 0. The maximum absolute atomic E-state index is 3.69. The van der Waals surface area contributed by atoms with Crippen LogP contribution in [0.15, 0.2) is 0 Å². The van der Waals surface area contributed by atoms with Gasteiger partial charge in [-0.1, -0.05) is 59.3 Å². The topological polar surface area (TPSA) is 12.0 Å². The molecule has 1 saturated carbocycles. The van der Waals surface area contributed by atoms with E-state index in [1.54, 1.807) is 0 Å². The lowest BCUT2D eigenvalue weighted by Gasteiger charge is -2.31. The fourth-order valence-corrected chi connectivity index (χ4v) is 3.24. The van der Waals surface area contributed by atoms with Crippen LogP contribution in [0.1, 0.15) is 72.1 Å². The van der Waals surface area contributed by atoms with E-state index in [9.17, 15) is 0 Å². The normalized spacial score (nSPS) is 19.8. The summed E-state index contributed by atoms with van der Waals surface area (Å²) in [6.07, 6.45) is 11.5. The highest BCUT2D eigenvalue weighted by molar-refractivity contribution is 4.76. The van der Waals surface area contributed by atoms with Crippen LogP contribution in [0.25, 0.3) is 0 Å². The molecular weight excluding hydrogens is 206 g/mol. The highest BCUT2D eigenvalue weighted by Crippen LogP contribution is 2.33. The van der Waals surface area contributed by atoms with Gasteiger partial charge in [0.25, 0.3) is 0 Å². The quantitative estimate of drug-likeness (QED) is 0.610. The zero-order valence-electron chi connectivity index (χ0n) is 12.3. The van der Waals surface area contributed by atoms with E-state index < -0.39 is 0 Å². The predicted octanol–water partition coefficient (Wildman–Crippen LogP) is 4.62. The van der Waals surface area contributed by atoms with Gasteiger partial charge in [-0.15, -0.1) is 0 Å². The molecule has 0 aromatic carbocycles. The van der Waals surface area contributed by atoms with Crippen LogP contribution in [0.4, 0.5) is 0 Å². The van der Waals surface area contributed by atoms with E-state index in [2.05, 4.69) is 26.1 Å². The Morgan fingerprint density at radius 1 is 1.12 bits per heavy atom. The molecule has 0 saturated heterocycles. The fraction of sp³-hybridized carbons (Fsp3) is 1.00. The zero-order chi connectivity index (χ0) is 12.5. The smallest absolute Gasteiger partial charge is 0.00178 e. The standard InChI is InChI=1S/C16H33N/c1-4-5-11-17-13-16(12-14(2)3)15-9-7-6-8-10-15/h14-17H,4-13H2,1-3H3. The van der Waals surface area contributed by atoms with Gasteiger partial charge in [0, 0.05) is 0 Å². The molecule has 1 heteroatoms. The Hall–Kier alpha value is -0.0400. The molecule has 1 rings (SSSR count). The predicted molar refractivity (Wildman–Crippen MR) is 77.3 cm³/mol. The van der Waals surface area contributed by atoms with Crippen molar-refractivity contribution in [1.29, 1.82) is 0 Å². The van der Waals surface area contributed by atoms with Crippen molar-refractivity contribution in [2.45, 2.75) is 72.1 Å². The van der Waals surface area contributed by atoms with Crippen LogP contribution in [0, 0.1) is 17.8 Å². The van der Waals surface area contributed by atoms with E-state index >= 15 is 0 Å². The molecule has 1 unspecified atom stereocenters. The highest BCUT2D eigenvalue weighted by atomic mass is 14.9. The van der Waals surface area contributed by atoms with Crippen molar-refractivity contribution in [1.82, 2.24) is 5.32 Å². The fourth-order valence-electron chi connectivity index (χ4n) is 3.24. The van der Waals surface area contributed by atoms with E-state index in [4.69, 9.17) is 0 Å². The average molecular weight is 239 g/mol. The van der Waals surface area contributed by atoms with E-state index in [0.717, 1.165) is 17.8 Å². The molecular formula is C16H33N. The zero-order valence-corrected chi connectivity index (χ0v) is 12.3. The van der Waals surface area contributed by atoms with Gasteiger partial charge in [-0.05, 0) is 43.7 Å². The lowest BCUT2D eigenvalue weighted by atomic mass is 9.76. The molecule has 1 N–H and O–H groups in total. The Morgan fingerprint density at radius 2 is 1.82 bits per heavy atom. The number of nitrogens with one attached hydrogen (secondary N) is 1. The summed E-state index contributed by atoms with van der Waals surface area (Å²) >= 11 is 0. The van der Waals surface area contributed by atoms with Crippen LogP contribution < -0.4 is 5.32 Å². The summed E-state index contributed by atoms with van der Waals surface area (Å²) in [5.41, 5.74) is 0. The van der Waals surface area contributed by atoms with Gasteiger partial charge < -0.3 is 5.32 Å². The van der Waals surface area contributed by atoms with Gasteiger partial charge in [-0.25, -0.2) is 0 Å². The molecule has 1 aliphatic carbocycles. The summed E-state index contributed by atoms with van der Waals surface area (Å²) in [7, 11) is 0. The second-order valence-electron chi connectivity index (χ2n) is 6.35. The number of unbranched alkanes of at least 4 members (excludes halogenated alkanes) is 1. The van der Waals surface area contributed by atoms with E-state index in [0.29, 0.717) is 0 Å². The first-order valence-electron chi connectivity index (χ1n) is 7.94. The molecule has 17 heavy (non-hydrogen) atoms. The van der Waals surface area contributed by atoms with Gasteiger partial charge in [-0.2, -0.15) is 0 Å². The SMILES string of the molecule is CCCCNCC(CC(C)C)C1CCCCC1.